The van der Waals surface area contributed by atoms with Crippen molar-refractivity contribution >= 4 is 17.1 Å². The Kier molecular flexibility index (Phi) is 6.31. The molecule has 1 aliphatic rings. The number of benzene rings is 2. The van der Waals surface area contributed by atoms with E-state index >= 15 is 0 Å². The standard InChI is InChI=1S/C27H33N3/c1-16-12-18(3)26(19(4)13-16)28-22(7)24-10-9-11-25(30-24)23(8)29-27-20(5)14-17(2)15-21(27)6/h9-15,28,30H,1-8H3/b24-22-,29-23?. The number of anilines is 1. The van der Waals surface area contributed by atoms with Crippen molar-refractivity contribution in [2.24, 2.45) is 4.99 Å². The van der Waals surface area contributed by atoms with Gasteiger partial charge in [-0.2, -0.15) is 0 Å². The quantitative estimate of drug-likeness (QED) is 0.542. The van der Waals surface area contributed by atoms with Crippen LogP contribution in [0.15, 0.2) is 64.6 Å². The minimum absolute atomic E-state index is 0.974. The van der Waals surface area contributed by atoms with Crippen molar-refractivity contribution in [1.82, 2.24) is 5.32 Å². The highest BCUT2D eigenvalue weighted by molar-refractivity contribution is 6.00. The van der Waals surface area contributed by atoms with Gasteiger partial charge in [0.2, 0.25) is 0 Å². The zero-order valence-electron chi connectivity index (χ0n) is 19.5. The van der Waals surface area contributed by atoms with Crippen molar-refractivity contribution in [2.45, 2.75) is 55.4 Å². The molecule has 0 amide bonds. The summed E-state index contributed by atoms with van der Waals surface area (Å²) in [7, 11) is 0. The van der Waals surface area contributed by atoms with E-state index in [9.17, 15) is 0 Å². The Morgan fingerprint density at radius 1 is 0.800 bits per heavy atom. The molecule has 0 spiro atoms. The summed E-state index contributed by atoms with van der Waals surface area (Å²) in [4.78, 5) is 4.95. The van der Waals surface area contributed by atoms with Crippen LogP contribution in [0.3, 0.4) is 0 Å². The third-order valence-corrected chi connectivity index (χ3v) is 5.49. The monoisotopic (exact) mass is 399 g/mol. The van der Waals surface area contributed by atoms with Crippen LogP contribution in [0.2, 0.25) is 0 Å². The molecule has 0 bridgehead atoms. The van der Waals surface area contributed by atoms with E-state index in [4.69, 9.17) is 4.99 Å². The molecule has 1 aliphatic heterocycles. The molecule has 0 aromatic heterocycles. The minimum Gasteiger partial charge on any atom is -0.357 e. The molecule has 2 N–H and O–H groups in total. The number of hydrogen-bond donors (Lipinski definition) is 2. The van der Waals surface area contributed by atoms with Gasteiger partial charge in [0.25, 0.3) is 0 Å². The molecule has 0 fully saturated rings. The SMILES string of the molecule is CC(=Nc1c(C)cc(C)cc1C)C1=CC=C/C(=C(\C)Nc2c(C)cc(C)cc2C)N1. The molecule has 2 aromatic carbocycles. The van der Waals surface area contributed by atoms with Crippen LogP contribution in [-0.2, 0) is 0 Å². The molecular formula is C27H33N3. The molecule has 0 aliphatic carbocycles. The Bertz CT molecular complexity index is 1060. The van der Waals surface area contributed by atoms with E-state index in [0.29, 0.717) is 0 Å². The fraction of sp³-hybridized carbons (Fsp3) is 0.296. The normalized spacial score (nSPS) is 15.6. The zero-order valence-corrected chi connectivity index (χ0v) is 19.5. The van der Waals surface area contributed by atoms with Crippen LogP contribution < -0.4 is 10.6 Å². The van der Waals surface area contributed by atoms with Gasteiger partial charge in [0.1, 0.15) is 0 Å². The fourth-order valence-electron chi connectivity index (χ4n) is 4.11. The van der Waals surface area contributed by atoms with Gasteiger partial charge in [0, 0.05) is 11.4 Å². The molecule has 3 nitrogen and oxygen atoms in total. The molecule has 156 valence electrons. The van der Waals surface area contributed by atoms with Gasteiger partial charge >= 0.3 is 0 Å². The average Bonchev–Trinajstić information content (AvgIpc) is 2.67. The zero-order chi connectivity index (χ0) is 22.0. The van der Waals surface area contributed by atoms with E-state index in [2.05, 4.69) is 109 Å². The summed E-state index contributed by atoms with van der Waals surface area (Å²) >= 11 is 0. The fourth-order valence-corrected chi connectivity index (χ4v) is 4.11. The highest BCUT2D eigenvalue weighted by atomic mass is 15.0. The summed E-state index contributed by atoms with van der Waals surface area (Å²) in [6.07, 6.45) is 6.26. The number of aliphatic imine (C=N–C) groups is 1. The maximum Gasteiger partial charge on any atom is 0.0692 e. The van der Waals surface area contributed by atoms with E-state index < -0.39 is 0 Å². The highest BCUT2D eigenvalue weighted by Gasteiger charge is 2.12. The van der Waals surface area contributed by atoms with Gasteiger partial charge in [0.15, 0.2) is 0 Å². The molecule has 1 heterocycles. The summed E-state index contributed by atoms with van der Waals surface area (Å²) in [6.45, 7) is 17.0. The first kappa shape index (κ1) is 21.6. The van der Waals surface area contributed by atoms with Crippen LogP contribution >= 0.6 is 0 Å². The lowest BCUT2D eigenvalue weighted by molar-refractivity contribution is 1.01. The molecule has 0 radical (unpaired) electrons. The van der Waals surface area contributed by atoms with Crippen molar-refractivity contribution in [3.05, 3.63) is 93.0 Å². The molecule has 3 heteroatoms. The molecule has 2 aromatic rings. The van der Waals surface area contributed by atoms with Crippen LogP contribution in [0.5, 0.6) is 0 Å². The van der Waals surface area contributed by atoms with Crippen LogP contribution in [0.25, 0.3) is 0 Å². The van der Waals surface area contributed by atoms with E-state index in [0.717, 1.165) is 28.5 Å². The van der Waals surface area contributed by atoms with Crippen LogP contribution in [0, 0.1) is 41.5 Å². The molecule has 30 heavy (non-hydrogen) atoms. The van der Waals surface area contributed by atoms with E-state index in [1.54, 1.807) is 0 Å². The second-order valence-electron chi connectivity index (χ2n) is 8.45. The number of rotatable bonds is 4. The van der Waals surface area contributed by atoms with Crippen molar-refractivity contribution in [3.63, 3.8) is 0 Å². The molecule has 0 atom stereocenters. The lowest BCUT2D eigenvalue weighted by Gasteiger charge is -2.20. The summed E-state index contributed by atoms with van der Waals surface area (Å²) in [5.41, 5.74) is 13.8. The summed E-state index contributed by atoms with van der Waals surface area (Å²) in [5, 5.41) is 7.16. The first-order valence-electron chi connectivity index (χ1n) is 10.5. The van der Waals surface area contributed by atoms with E-state index in [1.807, 2.05) is 0 Å². The van der Waals surface area contributed by atoms with Crippen LogP contribution in [-0.4, -0.2) is 5.71 Å². The second-order valence-corrected chi connectivity index (χ2v) is 8.45. The predicted octanol–water partition coefficient (Wildman–Crippen LogP) is 7.02. The summed E-state index contributed by atoms with van der Waals surface area (Å²) in [6, 6.07) is 8.80. The van der Waals surface area contributed by atoms with Crippen molar-refractivity contribution in [2.75, 3.05) is 5.32 Å². The van der Waals surface area contributed by atoms with Gasteiger partial charge in [-0.15, -0.1) is 0 Å². The largest absolute Gasteiger partial charge is 0.357 e. The van der Waals surface area contributed by atoms with Crippen molar-refractivity contribution in [3.8, 4) is 0 Å². The molecule has 3 rings (SSSR count). The Balaban J connectivity index is 1.86. The number of nitrogens with one attached hydrogen (secondary N) is 2. The Labute approximate surface area is 181 Å². The number of nitrogens with zero attached hydrogens (tertiary/aromatic N) is 1. The number of hydrogen-bond acceptors (Lipinski definition) is 3. The number of allylic oxidation sites excluding steroid dienone is 5. The molecule has 0 unspecified atom stereocenters. The van der Waals surface area contributed by atoms with Gasteiger partial charge in [0.05, 0.1) is 22.8 Å². The first-order valence-corrected chi connectivity index (χ1v) is 10.5. The van der Waals surface area contributed by atoms with Crippen molar-refractivity contribution < 1.29 is 0 Å². The first-order chi connectivity index (χ1) is 14.2. The minimum atomic E-state index is 0.974. The summed E-state index contributed by atoms with van der Waals surface area (Å²) < 4.78 is 0. The van der Waals surface area contributed by atoms with Gasteiger partial charge in [-0.3, -0.25) is 4.99 Å². The lowest BCUT2D eigenvalue weighted by Crippen LogP contribution is -2.22. The number of dihydropyridines is 1. The topological polar surface area (TPSA) is 36.4 Å². The second kappa shape index (κ2) is 8.74. The van der Waals surface area contributed by atoms with E-state index in [-0.39, 0.29) is 0 Å². The maximum absolute atomic E-state index is 4.95. The van der Waals surface area contributed by atoms with Crippen LogP contribution in [0.4, 0.5) is 11.4 Å². The Morgan fingerprint density at radius 3 is 1.90 bits per heavy atom. The number of aryl methyl sites for hydroxylation is 6. The Hall–Kier alpha value is -3.07. The smallest absolute Gasteiger partial charge is 0.0692 e. The van der Waals surface area contributed by atoms with Crippen LogP contribution in [0.1, 0.15) is 47.2 Å². The van der Waals surface area contributed by atoms with E-state index in [1.165, 1.54) is 39.1 Å². The van der Waals surface area contributed by atoms with Gasteiger partial charge in [-0.1, -0.05) is 41.5 Å². The van der Waals surface area contributed by atoms with Gasteiger partial charge < -0.3 is 10.6 Å². The Morgan fingerprint density at radius 2 is 1.33 bits per heavy atom. The third kappa shape index (κ3) is 4.73. The predicted molar refractivity (Wildman–Crippen MR) is 131 cm³/mol. The van der Waals surface area contributed by atoms with Gasteiger partial charge in [-0.05, 0) is 89.8 Å². The average molecular weight is 400 g/mol. The maximum atomic E-state index is 4.95. The highest BCUT2D eigenvalue weighted by Crippen LogP contribution is 2.27. The molecule has 0 saturated carbocycles. The van der Waals surface area contributed by atoms with Crippen molar-refractivity contribution in [1.29, 1.82) is 0 Å². The third-order valence-electron chi connectivity index (χ3n) is 5.49. The lowest BCUT2D eigenvalue weighted by atomic mass is 10.0. The van der Waals surface area contributed by atoms with Gasteiger partial charge in [-0.25, -0.2) is 0 Å². The summed E-state index contributed by atoms with van der Waals surface area (Å²) in [5.74, 6) is 0. The molecular weight excluding hydrogens is 366 g/mol. The molecule has 0 saturated heterocycles.